The van der Waals surface area contributed by atoms with Gasteiger partial charge in [-0.3, -0.25) is 0 Å². The molecule has 108 valence electrons. The van der Waals surface area contributed by atoms with Crippen molar-refractivity contribution < 1.29 is 5.11 Å². The average molecular weight is 265 g/mol. The number of nitrogens with two attached hydrogens (primary N) is 1. The van der Waals surface area contributed by atoms with Crippen LogP contribution in [0.25, 0.3) is 0 Å². The monoisotopic (exact) mass is 265 g/mol. The van der Waals surface area contributed by atoms with E-state index in [9.17, 15) is 5.11 Å². The molecule has 0 amide bonds. The second-order valence-electron chi connectivity index (χ2n) is 5.80. The maximum atomic E-state index is 10.2. The Morgan fingerprint density at radius 2 is 2.11 bits per heavy atom. The van der Waals surface area contributed by atoms with E-state index in [1.165, 1.54) is 24.2 Å². The molecular weight excluding hydrogens is 238 g/mol. The first-order chi connectivity index (χ1) is 9.09. The molecule has 1 aliphatic rings. The van der Waals surface area contributed by atoms with E-state index in [1.807, 2.05) is 6.92 Å². The van der Waals surface area contributed by atoms with Gasteiger partial charge in [0.25, 0.3) is 0 Å². The molecule has 19 heavy (non-hydrogen) atoms. The lowest BCUT2D eigenvalue weighted by Crippen LogP contribution is -2.37. The number of nitrogens with zero attached hydrogens (tertiary/aromatic N) is 2. The Balaban J connectivity index is 1.98. The number of hydrogen-bond acceptors (Lipinski definition) is 3. The van der Waals surface area contributed by atoms with E-state index in [4.69, 9.17) is 5.73 Å². The van der Waals surface area contributed by atoms with Crippen molar-refractivity contribution in [3.05, 3.63) is 17.2 Å². The molecule has 3 N–H and O–H groups in total. The van der Waals surface area contributed by atoms with Crippen LogP contribution in [0.15, 0.2) is 0 Å². The first-order valence-corrected chi connectivity index (χ1v) is 7.57. The predicted molar refractivity (Wildman–Crippen MR) is 77.1 cm³/mol. The molecule has 1 atom stereocenters. The van der Waals surface area contributed by atoms with Gasteiger partial charge in [0.15, 0.2) is 0 Å². The van der Waals surface area contributed by atoms with Crippen LogP contribution < -0.4 is 5.73 Å². The highest BCUT2D eigenvalue weighted by molar-refractivity contribution is 5.19. The topological polar surface area (TPSA) is 64.1 Å². The summed E-state index contributed by atoms with van der Waals surface area (Å²) in [6.45, 7) is 5.39. The van der Waals surface area contributed by atoms with Crippen LogP contribution in [0.1, 0.15) is 56.2 Å². The number of aliphatic hydroxyl groups is 1. The quantitative estimate of drug-likeness (QED) is 0.826. The SMILES string of the molecule is CCC(O)(CN)CCCn1c(C)nc2c1CCCC2. The molecule has 0 saturated heterocycles. The fraction of sp³-hybridized carbons (Fsp3) is 0.800. The molecule has 4 heteroatoms. The van der Waals surface area contributed by atoms with Gasteiger partial charge in [-0.2, -0.15) is 0 Å². The highest BCUT2D eigenvalue weighted by atomic mass is 16.3. The first kappa shape index (κ1) is 14.5. The largest absolute Gasteiger partial charge is 0.389 e. The third kappa shape index (κ3) is 3.18. The Kier molecular flexibility index (Phi) is 4.63. The minimum absolute atomic E-state index is 0.352. The minimum atomic E-state index is -0.686. The molecule has 0 radical (unpaired) electrons. The molecule has 0 aliphatic heterocycles. The predicted octanol–water partition coefficient (Wildman–Crippen LogP) is 1.95. The van der Waals surface area contributed by atoms with Crippen LogP contribution in [0.2, 0.25) is 0 Å². The van der Waals surface area contributed by atoms with Crippen LogP contribution in [0.4, 0.5) is 0 Å². The molecule has 0 saturated carbocycles. The summed E-state index contributed by atoms with van der Waals surface area (Å²) < 4.78 is 2.35. The molecule has 4 nitrogen and oxygen atoms in total. The molecule has 0 aromatic carbocycles. The fourth-order valence-electron chi connectivity index (χ4n) is 3.02. The van der Waals surface area contributed by atoms with Gasteiger partial charge in [-0.1, -0.05) is 6.92 Å². The molecule has 1 heterocycles. The first-order valence-electron chi connectivity index (χ1n) is 7.57. The Morgan fingerprint density at radius 3 is 2.79 bits per heavy atom. The van der Waals surface area contributed by atoms with E-state index in [1.54, 1.807) is 0 Å². The Hall–Kier alpha value is -0.870. The number of imidazole rings is 1. The standard InChI is InChI=1S/C15H27N3O/c1-3-15(19,11-16)9-6-10-18-12(2)17-13-7-4-5-8-14(13)18/h19H,3-11,16H2,1-2H3. The second kappa shape index (κ2) is 6.06. The lowest BCUT2D eigenvalue weighted by Gasteiger charge is -2.25. The molecule has 0 bridgehead atoms. The zero-order valence-electron chi connectivity index (χ0n) is 12.3. The van der Waals surface area contributed by atoms with E-state index in [-0.39, 0.29) is 0 Å². The van der Waals surface area contributed by atoms with Crippen molar-refractivity contribution in [2.75, 3.05) is 6.54 Å². The number of hydrogen-bond donors (Lipinski definition) is 2. The summed E-state index contributed by atoms with van der Waals surface area (Å²) in [7, 11) is 0. The molecule has 1 aliphatic carbocycles. The van der Waals surface area contributed by atoms with Gasteiger partial charge in [-0.25, -0.2) is 4.98 Å². The van der Waals surface area contributed by atoms with Crippen molar-refractivity contribution in [1.29, 1.82) is 0 Å². The number of aryl methyl sites for hydroxylation is 2. The summed E-state index contributed by atoms with van der Waals surface area (Å²) >= 11 is 0. The molecule has 0 fully saturated rings. The zero-order valence-corrected chi connectivity index (χ0v) is 12.3. The Labute approximate surface area is 116 Å². The molecule has 1 aromatic heterocycles. The van der Waals surface area contributed by atoms with Gasteiger partial charge in [0, 0.05) is 18.8 Å². The molecular formula is C15H27N3O. The number of aromatic nitrogens is 2. The van der Waals surface area contributed by atoms with Gasteiger partial charge in [0.1, 0.15) is 5.82 Å². The maximum absolute atomic E-state index is 10.2. The normalized spacial score (nSPS) is 18.1. The molecule has 1 aromatic rings. The smallest absolute Gasteiger partial charge is 0.106 e. The van der Waals surface area contributed by atoms with Crippen LogP contribution >= 0.6 is 0 Å². The summed E-state index contributed by atoms with van der Waals surface area (Å²) in [5.74, 6) is 1.12. The van der Waals surface area contributed by atoms with Gasteiger partial charge in [0.05, 0.1) is 11.3 Å². The van der Waals surface area contributed by atoms with E-state index in [2.05, 4.69) is 16.5 Å². The van der Waals surface area contributed by atoms with Crippen LogP contribution in [-0.4, -0.2) is 26.8 Å². The molecule has 1 unspecified atom stereocenters. The van der Waals surface area contributed by atoms with Crippen LogP contribution in [0.3, 0.4) is 0 Å². The molecule has 2 rings (SSSR count). The van der Waals surface area contributed by atoms with Gasteiger partial charge >= 0.3 is 0 Å². The summed E-state index contributed by atoms with van der Waals surface area (Å²) in [6, 6.07) is 0. The highest BCUT2D eigenvalue weighted by Crippen LogP contribution is 2.23. The van der Waals surface area contributed by atoms with E-state index < -0.39 is 5.60 Å². The van der Waals surface area contributed by atoms with E-state index >= 15 is 0 Å². The third-order valence-corrected chi connectivity index (χ3v) is 4.49. The van der Waals surface area contributed by atoms with Crippen molar-refractivity contribution in [1.82, 2.24) is 9.55 Å². The summed E-state index contributed by atoms with van der Waals surface area (Å²) in [5.41, 5.74) is 7.69. The highest BCUT2D eigenvalue weighted by Gasteiger charge is 2.23. The summed E-state index contributed by atoms with van der Waals surface area (Å²) in [5, 5.41) is 10.2. The number of rotatable bonds is 6. The lowest BCUT2D eigenvalue weighted by molar-refractivity contribution is 0.0332. The summed E-state index contributed by atoms with van der Waals surface area (Å²) in [6.07, 6.45) is 7.30. The maximum Gasteiger partial charge on any atom is 0.106 e. The lowest BCUT2D eigenvalue weighted by atomic mass is 9.95. The Bertz CT molecular complexity index is 421. The van der Waals surface area contributed by atoms with Crippen molar-refractivity contribution in [2.45, 2.75) is 70.9 Å². The van der Waals surface area contributed by atoms with Crippen molar-refractivity contribution in [3.63, 3.8) is 0 Å². The van der Waals surface area contributed by atoms with Crippen LogP contribution in [-0.2, 0) is 19.4 Å². The molecule has 0 spiro atoms. The summed E-state index contributed by atoms with van der Waals surface area (Å²) in [4.78, 5) is 4.68. The van der Waals surface area contributed by atoms with Crippen LogP contribution in [0.5, 0.6) is 0 Å². The zero-order chi connectivity index (χ0) is 13.9. The van der Waals surface area contributed by atoms with Gasteiger partial charge in [-0.15, -0.1) is 0 Å². The van der Waals surface area contributed by atoms with Crippen molar-refractivity contribution in [3.8, 4) is 0 Å². The van der Waals surface area contributed by atoms with E-state index in [0.29, 0.717) is 6.54 Å². The van der Waals surface area contributed by atoms with Crippen molar-refractivity contribution >= 4 is 0 Å². The minimum Gasteiger partial charge on any atom is -0.389 e. The van der Waals surface area contributed by atoms with Gasteiger partial charge in [-0.05, 0) is 51.9 Å². The van der Waals surface area contributed by atoms with E-state index in [0.717, 1.165) is 44.5 Å². The van der Waals surface area contributed by atoms with Crippen LogP contribution in [0, 0.1) is 6.92 Å². The Morgan fingerprint density at radius 1 is 1.37 bits per heavy atom. The number of fused-ring (bicyclic) bond motifs is 1. The van der Waals surface area contributed by atoms with Crippen molar-refractivity contribution in [2.24, 2.45) is 5.73 Å². The van der Waals surface area contributed by atoms with Gasteiger partial charge < -0.3 is 15.4 Å². The fourth-order valence-corrected chi connectivity index (χ4v) is 3.02. The van der Waals surface area contributed by atoms with Gasteiger partial charge in [0.2, 0.25) is 0 Å². The third-order valence-electron chi connectivity index (χ3n) is 4.49. The average Bonchev–Trinajstić information content (AvgIpc) is 2.75. The second-order valence-corrected chi connectivity index (χ2v) is 5.80.